The minimum atomic E-state index is -0.220. The van der Waals surface area contributed by atoms with Crippen LogP contribution in [0, 0.1) is 0 Å². The Morgan fingerprint density at radius 3 is 2.07 bits per heavy atom. The molecule has 0 nitrogen and oxygen atoms in total. The van der Waals surface area contributed by atoms with Gasteiger partial charge in [-0.25, -0.2) is 4.39 Å². The van der Waals surface area contributed by atoms with Gasteiger partial charge in [-0.1, -0.05) is 110 Å². The molecule has 1 atom stereocenters. The molecular weight excluding hydrogens is 367 g/mol. The third kappa shape index (κ3) is 4.93. The minimum absolute atomic E-state index is 0.220. The molecule has 4 aromatic carbocycles. The van der Waals surface area contributed by atoms with E-state index < -0.39 is 0 Å². The Morgan fingerprint density at radius 1 is 0.733 bits per heavy atom. The summed E-state index contributed by atoms with van der Waals surface area (Å²) in [5, 5.41) is 0. The second kappa shape index (κ2) is 9.37. The zero-order chi connectivity index (χ0) is 20.8. The molecule has 4 aromatic rings. The van der Waals surface area contributed by atoms with Crippen molar-refractivity contribution in [1.82, 2.24) is 0 Å². The van der Waals surface area contributed by atoms with Gasteiger partial charge in [0, 0.05) is 5.56 Å². The molecule has 0 bridgehead atoms. The van der Waals surface area contributed by atoms with Crippen molar-refractivity contribution < 1.29 is 4.39 Å². The normalized spacial score (nSPS) is 12.5. The Balaban J connectivity index is 1.50. The highest BCUT2D eigenvalue weighted by Crippen LogP contribution is 2.26. The van der Waals surface area contributed by atoms with Gasteiger partial charge < -0.3 is 0 Å². The quantitative estimate of drug-likeness (QED) is 0.290. The summed E-state index contributed by atoms with van der Waals surface area (Å²) in [4.78, 5) is 0. The molecule has 0 N–H and O–H groups in total. The summed E-state index contributed by atoms with van der Waals surface area (Å²) in [5.74, 6) is 0.165. The van der Waals surface area contributed by atoms with Gasteiger partial charge in [0.05, 0.1) is 0 Å². The van der Waals surface area contributed by atoms with Gasteiger partial charge in [-0.15, -0.1) is 0 Å². The molecule has 0 heterocycles. The minimum Gasteiger partial charge on any atom is -0.206 e. The number of halogens is 1. The van der Waals surface area contributed by atoms with Crippen molar-refractivity contribution in [2.45, 2.75) is 19.3 Å². The van der Waals surface area contributed by atoms with E-state index in [1.165, 1.54) is 11.1 Å². The van der Waals surface area contributed by atoms with Crippen molar-refractivity contribution in [2.24, 2.45) is 0 Å². The van der Waals surface area contributed by atoms with E-state index in [9.17, 15) is 4.39 Å². The standard InChI is InChI=1S/C29H25F/c1-22(19-23-9-4-2-5-10-23)25-15-17-27(18-16-25)29(30)21-24-11-8-14-28(20-24)26-12-6-3-7-13-26/h2-18,20-22H,19H2,1H3/b29-21-. The summed E-state index contributed by atoms with van der Waals surface area (Å²) >= 11 is 0. The summed E-state index contributed by atoms with van der Waals surface area (Å²) < 4.78 is 14.9. The molecule has 1 heteroatoms. The van der Waals surface area contributed by atoms with Crippen molar-refractivity contribution in [1.29, 1.82) is 0 Å². The highest BCUT2D eigenvalue weighted by Gasteiger charge is 2.08. The van der Waals surface area contributed by atoms with Crippen LogP contribution in [0.1, 0.15) is 35.1 Å². The van der Waals surface area contributed by atoms with E-state index in [2.05, 4.69) is 43.3 Å². The van der Waals surface area contributed by atoms with E-state index in [0.29, 0.717) is 11.5 Å². The summed E-state index contributed by atoms with van der Waals surface area (Å²) in [6, 6.07) is 36.4. The molecule has 0 saturated carbocycles. The zero-order valence-corrected chi connectivity index (χ0v) is 17.1. The van der Waals surface area contributed by atoms with Gasteiger partial charge in [-0.05, 0) is 52.3 Å². The first-order valence-electron chi connectivity index (χ1n) is 10.4. The first-order chi connectivity index (χ1) is 14.7. The lowest BCUT2D eigenvalue weighted by Gasteiger charge is -2.12. The lowest BCUT2D eigenvalue weighted by molar-refractivity contribution is 0.754. The lowest BCUT2D eigenvalue weighted by Crippen LogP contribution is -1.98. The second-order valence-corrected chi connectivity index (χ2v) is 7.70. The average molecular weight is 393 g/mol. The molecule has 0 amide bonds. The van der Waals surface area contributed by atoms with Crippen LogP contribution in [0.3, 0.4) is 0 Å². The predicted molar refractivity (Wildman–Crippen MR) is 126 cm³/mol. The molecule has 0 aliphatic heterocycles. The zero-order valence-electron chi connectivity index (χ0n) is 17.1. The Labute approximate surface area is 178 Å². The van der Waals surface area contributed by atoms with Gasteiger partial charge in [0.2, 0.25) is 0 Å². The van der Waals surface area contributed by atoms with Crippen molar-refractivity contribution >= 4 is 11.9 Å². The van der Waals surface area contributed by atoms with Gasteiger partial charge in [-0.3, -0.25) is 0 Å². The molecule has 1 unspecified atom stereocenters. The Bertz CT molecular complexity index is 1110. The van der Waals surface area contributed by atoms with Crippen molar-refractivity contribution in [3.63, 3.8) is 0 Å². The fraction of sp³-hybridized carbons (Fsp3) is 0.103. The summed E-state index contributed by atoms with van der Waals surface area (Å²) in [7, 11) is 0. The molecule has 0 aliphatic rings. The van der Waals surface area contributed by atoms with Crippen LogP contribution in [-0.2, 0) is 6.42 Å². The number of hydrogen-bond donors (Lipinski definition) is 0. The molecule has 0 aromatic heterocycles. The first kappa shape index (κ1) is 19.8. The Kier molecular flexibility index (Phi) is 6.20. The van der Waals surface area contributed by atoms with Crippen molar-refractivity contribution in [3.05, 3.63) is 131 Å². The average Bonchev–Trinajstić information content (AvgIpc) is 2.80. The fourth-order valence-corrected chi connectivity index (χ4v) is 3.72. The van der Waals surface area contributed by atoms with E-state index >= 15 is 0 Å². The van der Waals surface area contributed by atoms with E-state index in [1.54, 1.807) is 6.08 Å². The topological polar surface area (TPSA) is 0 Å². The highest BCUT2D eigenvalue weighted by atomic mass is 19.1. The van der Waals surface area contributed by atoms with E-state index in [1.807, 2.05) is 72.8 Å². The maximum atomic E-state index is 14.9. The van der Waals surface area contributed by atoms with Crippen LogP contribution in [0.15, 0.2) is 109 Å². The van der Waals surface area contributed by atoms with Crippen LogP contribution in [0.5, 0.6) is 0 Å². The summed E-state index contributed by atoms with van der Waals surface area (Å²) in [5.41, 5.74) is 6.22. The molecule has 30 heavy (non-hydrogen) atoms. The third-order valence-electron chi connectivity index (χ3n) is 5.43. The van der Waals surface area contributed by atoms with Gasteiger partial charge in [0.25, 0.3) is 0 Å². The molecule has 0 fully saturated rings. The Morgan fingerprint density at radius 2 is 1.37 bits per heavy atom. The molecule has 0 saturated heterocycles. The van der Waals surface area contributed by atoms with Crippen LogP contribution >= 0.6 is 0 Å². The maximum absolute atomic E-state index is 14.9. The smallest absolute Gasteiger partial charge is 0.131 e. The molecule has 148 valence electrons. The Hall–Kier alpha value is -3.45. The number of hydrogen-bond acceptors (Lipinski definition) is 0. The molecule has 4 rings (SSSR count). The van der Waals surface area contributed by atoms with E-state index in [4.69, 9.17) is 0 Å². The van der Waals surface area contributed by atoms with Crippen molar-refractivity contribution in [2.75, 3.05) is 0 Å². The van der Waals surface area contributed by atoms with Gasteiger partial charge >= 0.3 is 0 Å². The van der Waals surface area contributed by atoms with Crippen LogP contribution in [0.4, 0.5) is 4.39 Å². The van der Waals surface area contributed by atoms with Crippen LogP contribution in [0.2, 0.25) is 0 Å². The monoisotopic (exact) mass is 392 g/mol. The molecular formula is C29H25F. The number of benzene rings is 4. The summed E-state index contributed by atoms with van der Waals surface area (Å²) in [6.07, 6.45) is 2.58. The first-order valence-corrected chi connectivity index (χ1v) is 10.4. The van der Waals surface area contributed by atoms with Gasteiger partial charge in [0.1, 0.15) is 5.83 Å². The van der Waals surface area contributed by atoms with Crippen LogP contribution < -0.4 is 0 Å². The van der Waals surface area contributed by atoms with Gasteiger partial charge in [0.15, 0.2) is 0 Å². The third-order valence-corrected chi connectivity index (χ3v) is 5.43. The maximum Gasteiger partial charge on any atom is 0.131 e. The fourth-order valence-electron chi connectivity index (χ4n) is 3.72. The second-order valence-electron chi connectivity index (χ2n) is 7.70. The number of rotatable bonds is 6. The van der Waals surface area contributed by atoms with E-state index in [-0.39, 0.29) is 5.83 Å². The largest absolute Gasteiger partial charge is 0.206 e. The van der Waals surface area contributed by atoms with Crippen molar-refractivity contribution in [3.8, 4) is 11.1 Å². The molecule has 0 spiro atoms. The van der Waals surface area contributed by atoms with Crippen LogP contribution in [-0.4, -0.2) is 0 Å². The predicted octanol–water partition coefficient (Wildman–Crippen LogP) is 8.17. The summed E-state index contributed by atoms with van der Waals surface area (Å²) in [6.45, 7) is 2.21. The van der Waals surface area contributed by atoms with Gasteiger partial charge in [-0.2, -0.15) is 0 Å². The lowest BCUT2D eigenvalue weighted by atomic mass is 9.93. The van der Waals surface area contributed by atoms with Crippen LogP contribution in [0.25, 0.3) is 23.0 Å². The van der Waals surface area contributed by atoms with E-state index in [0.717, 1.165) is 23.1 Å². The molecule has 0 aliphatic carbocycles. The SMILES string of the molecule is CC(Cc1ccccc1)c1ccc(/C(F)=C/c2cccc(-c3ccccc3)c2)cc1. The molecule has 0 radical (unpaired) electrons. The highest BCUT2D eigenvalue weighted by molar-refractivity contribution is 5.78.